The summed E-state index contributed by atoms with van der Waals surface area (Å²) in [5.74, 6) is 0.562. The molecule has 1 aliphatic heterocycles. The van der Waals surface area contributed by atoms with Crippen LogP contribution in [0.25, 0.3) is 0 Å². The van der Waals surface area contributed by atoms with Crippen molar-refractivity contribution >= 4 is 22.0 Å². The second kappa shape index (κ2) is 6.22. The molecule has 1 aliphatic rings. The molecule has 0 aromatic carbocycles. The summed E-state index contributed by atoms with van der Waals surface area (Å²) in [6, 6.07) is 5.49. The molecule has 6 heteroatoms. The molecule has 1 unspecified atom stereocenters. The molecule has 0 spiro atoms. The van der Waals surface area contributed by atoms with E-state index in [-0.39, 0.29) is 18.2 Å². The van der Waals surface area contributed by atoms with Gasteiger partial charge in [-0.2, -0.15) is 0 Å². The number of likely N-dealkylation sites (tertiary alicyclic amines) is 1. The smallest absolute Gasteiger partial charge is 0.410 e. The summed E-state index contributed by atoms with van der Waals surface area (Å²) in [6.45, 7) is 8.20. The van der Waals surface area contributed by atoms with Crippen LogP contribution in [-0.2, 0) is 4.74 Å². The molecule has 1 aromatic heterocycles. The number of aromatic nitrogens is 1. The van der Waals surface area contributed by atoms with E-state index >= 15 is 0 Å². The Kier molecular flexibility index (Phi) is 4.76. The first-order valence-corrected chi connectivity index (χ1v) is 7.84. The second-order valence-electron chi connectivity index (χ2n) is 6.16. The van der Waals surface area contributed by atoms with Gasteiger partial charge in [0.05, 0.1) is 6.04 Å². The molecule has 0 aliphatic carbocycles. The third-order valence-electron chi connectivity index (χ3n) is 3.27. The van der Waals surface area contributed by atoms with Crippen molar-refractivity contribution in [1.82, 2.24) is 9.88 Å². The fraction of sp³-hybridized carbons (Fsp3) is 0.600. The van der Waals surface area contributed by atoms with E-state index in [1.54, 1.807) is 4.90 Å². The maximum atomic E-state index is 12.1. The molecule has 5 nitrogen and oxygen atoms in total. The highest BCUT2D eigenvalue weighted by atomic mass is 79.9. The first kappa shape index (κ1) is 16.1. The van der Waals surface area contributed by atoms with E-state index < -0.39 is 5.60 Å². The fourth-order valence-corrected chi connectivity index (χ4v) is 2.59. The summed E-state index contributed by atoms with van der Waals surface area (Å²) >= 11 is 3.32. The van der Waals surface area contributed by atoms with Gasteiger partial charge in [0.25, 0.3) is 0 Å². The predicted octanol–water partition coefficient (Wildman–Crippen LogP) is 3.62. The molecule has 2 heterocycles. The van der Waals surface area contributed by atoms with Crippen LogP contribution in [-0.4, -0.2) is 40.3 Å². The summed E-state index contributed by atoms with van der Waals surface area (Å²) in [7, 11) is 0. The zero-order valence-corrected chi connectivity index (χ0v) is 14.4. The predicted molar refractivity (Wildman–Crippen MR) is 83.4 cm³/mol. The van der Waals surface area contributed by atoms with Crippen molar-refractivity contribution in [2.45, 2.75) is 51.9 Å². The number of carbonyl (C=O) groups is 1. The molecule has 1 aromatic rings. The van der Waals surface area contributed by atoms with Crippen LogP contribution in [0.4, 0.5) is 4.79 Å². The van der Waals surface area contributed by atoms with Crippen LogP contribution in [0.5, 0.6) is 5.88 Å². The quantitative estimate of drug-likeness (QED) is 0.759. The van der Waals surface area contributed by atoms with E-state index in [4.69, 9.17) is 9.47 Å². The van der Waals surface area contributed by atoms with Crippen molar-refractivity contribution < 1.29 is 14.3 Å². The molecular formula is C15H21BrN2O3. The van der Waals surface area contributed by atoms with Crippen LogP contribution in [0, 0.1) is 0 Å². The zero-order chi connectivity index (χ0) is 15.6. The Morgan fingerprint density at radius 2 is 2.14 bits per heavy atom. The Labute approximate surface area is 133 Å². The summed E-state index contributed by atoms with van der Waals surface area (Å²) < 4.78 is 12.0. The third-order valence-corrected chi connectivity index (χ3v) is 3.72. The molecule has 0 bridgehead atoms. The summed E-state index contributed by atoms with van der Waals surface area (Å²) in [4.78, 5) is 18.1. The van der Waals surface area contributed by atoms with E-state index in [9.17, 15) is 4.79 Å². The Hall–Kier alpha value is -1.30. The van der Waals surface area contributed by atoms with E-state index in [1.807, 2.05) is 45.9 Å². The lowest BCUT2D eigenvalue weighted by Crippen LogP contribution is -2.42. The van der Waals surface area contributed by atoms with Gasteiger partial charge in [-0.05, 0) is 49.7 Å². The van der Waals surface area contributed by atoms with Gasteiger partial charge in [0.2, 0.25) is 5.88 Å². The Morgan fingerprint density at radius 1 is 1.43 bits per heavy atom. The second-order valence-corrected chi connectivity index (χ2v) is 6.97. The molecule has 1 amide bonds. The summed E-state index contributed by atoms with van der Waals surface area (Å²) in [6.07, 6.45) is 0.414. The lowest BCUT2D eigenvalue weighted by atomic mass is 10.2. The number of pyridine rings is 1. The molecule has 1 fully saturated rings. The van der Waals surface area contributed by atoms with Crippen molar-refractivity contribution in [2.24, 2.45) is 0 Å². The van der Waals surface area contributed by atoms with Gasteiger partial charge in [-0.1, -0.05) is 6.07 Å². The van der Waals surface area contributed by atoms with Crippen LogP contribution in [0.3, 0.4) is 0 Å². The van der Waals surface area contributed by atoms with Crippen LogP contribution >= 0.6 is 15.9 Å². The average Bonchev–Trinajstić information content (AvgIpc) is 2.69. The third kappa shape index (κ3) is 4.33. The summed E-state index contributed by atoms with van der Waals surface area (Å²) in [5.41, 5.74) is -0.485. The lowest BCUT2D eigenvalue weighted by molar-refractivity contribution is 0.0190. The Morgan fingerprint density at radius 3 is 2.76 bits per heavy atom. The molecular weight excluding hydrogens is 336 g/mol. The molecule has 2 atom stereocenters. The number of nitrogens with zero attached hydrogens (tertiary/aromatic N) is 2. The molecule has 2 rings (SSSR count). The minimum Gasteiger partial charge on any atom is -0.472 e. The molecule has 0 N–H and O–H groups in total. The van der Waals surface area contributed by atoms with Gasteiger partial charge in [0.1, 0.15) is 16.3 Å². The van der Waals surface area contributed by atoms with E-state index in [2.05, 4.69) is 20.9 Å². The van der Waals surface area contributed by atoms with Crippen molar-refractivity contribution in [3.8, 4) is 5.88 Å². The molecule has 21 heavy (non-hydrogen) atoms. The monoisotopic (exact) mass is 356 g/mol. The lowest BCUT2D eigenvalue weighted by Gasteiger charge is -2.28. The summed E-state index contributed by atoms with van der Waals surface area (Å²) in [5, 5.41) is 0. The number of ether oxygens (including phenoxy) is 2. The van der Waals surface area contributed by atoms with Crippen LogP contribution in [0.2, 0.25) is 0 Å². The van der Waals surface area contributed by atoms with Crippen molar-refractivity contribution in [2.75, 3.05) is 6.54 Å². The van der Waals surface area contributed by atoms with Gasteiger partial charge in [-0.3, -0.25) is 0 Å². The first-order valence-electron chi connectivity index (χ1n) is 7.05. The van der Waals surface area contributed by atoms with Gasteiger partial charge in [0.15, 0.2) is 0 Å². The maximum absolute atomic E-state index is 12.1. The molecule has 1 saturated heterocycles. The number of carbonyl (C=O) groups excluding carboxylic acids is 1. The minimum atomic E-state index is -0.485. The van der Waals surface area contributed by atoms with E-state index in [1.165, 1.54) is 0 Å². The van der Waals surface area contributed by atoms with Crippen LogP contribution in [0.15, 0.2) is 22.8 Å². The van der Waals surface area contributed by atoms with Gasteiger partial charge in [0, 0.05) is 19.0 Å². The topological polar surface area (TPSA) is 51.7 Å². The highest BCUT2D eigenvalue weighted by molar-refractivity contribution is 9.10. The van der Waals surface area contributed by atoms with Gasteiger partial charge in [-0.25, -0.2) is 9.78 Å². The average molecular weight is 357 g/mol. The normalized spacial score (nSPS) is 22.2. The molecule has 0 radical (unpaired) electrons. The fourth-order valence-electron chi connectivity index (χ4n) is 2.26. The van der Waals surface area contributed by atoms with Crippen molar-refractivity contribution in [3.05, 3.63) is 22.8 Å². The van der Waals surface area contributed by atoms with E-state index in [0.29, 0.717) is 12.4 Å². The van der Waals surface area contributed by atoms with Crippen LogP contribution in [0.1, 0.15) is 34.1 Å². The Balaban J connectivity index is 1.98. The van der Waals surface area contributed by atoms with Gasteiger partial charge >= 0.3 is 6.09 Å². The minimum absolute atomic E-state index is 0.0411. The molecule has 0 saturated carbocycles. The highest BCUT2D eigenvalue weighted by Gasteiger charge is 2.37. The van der Waals surface area contributed by atoms with Crippen molar-refractivity contribution in [3.63, 3.8) is 0 Å². The largest absolute Gasteiger partial charge is 0.472 e. The van der Waals surface area contributed by atoms with Crippen LogP contribution < -0.4 is 4.74 Å². The molecule has 116 valence electrons. The number of hydrogen-bond acceptors (Lipinski definition) is 4. The highest BCUT2D eigenvalue weighted by Crippen LogP contribution is 2.25. The number of amides is 1. The van der Waals surface area contributed by atoms with Crippen molar-refractivity contribution in [1.29, 1.82) is 0 Å². The SMILES string of the molecule is CC1[C@@H](Oc2cccc(Br)n2)CCN1C(=O)OC(C)(C)C. The number of rotatable bonds is 2. The first-order chi connectivity index (χ1) is 9.76. The number of hydrogen-bond donors (Lipinski definition) is 0. The van der Waals surface area contributed by atoms with Gasteiger partial charge in [-0.15, -0.1) is 0 Å². The maximum Gasteiger partial charge on any atom is 0.410 e. The number of halogens is 1. The standard InChI is InChI=1S/C15H21BrN2O3/c1-10-11(20-13-7-5-6-12(16)17-13)8-9-18(10)14(19)21-15(2,3)4/h5-7,10-11H,8-9H2,1-4H3/t10?,11-/m0/s1. The van der Waals surface area contributed by atoms with E-state index in [0.717, 1.165) is 11.0 Å². The van der Waals surface area contributed by atoms with Gasteiger partial charge < -0.3 is 14.4 Å². The zero-order valence-electron chi connectivity index (χ0n) is 12.8. The Bertz CT molecular complexity index is 516.